The van der Waals surface area contributed by atoms with Crippen molar-refractivity contribution in [2.45, 2.75) is 31.4 Å². The Morgan fingerprint density at radius 3 is 3.05 bits per heavy atom. The number of halogens is 1. The van der Waals surface area contributed by atoms with E-state index in [9.17, 15) is 0 Å². The van der Waals surface area contributed by atoms with Crippen molar-refractivity contribution in [1.82, 2.24) is 9.78 Å². The first-order valence-corrected chi connectivity index (χ1v) is 7.10. The van der Waals surface area contributed by atoms with Crippen LogP contribution < -0.4 is 4.74 Å². The molecule has 0 radical (unpaired) electrons. The van der Waals surface area contributed by atoms with Gasteiger partial charge in [-0.2, -0.15) is 0 Å². The quantitative estimate of drug-likeness (QED) is 0.808. The SMILES string of the molecule is COc1nn(C2CCCCO2)c2cccc(CCl)c12. The van der Waals surface area contributed by atoms with E-state index in [1.54, 1.807) is 7.11 Å². The maximum atomic E-state index is 6.01. The van der Waals surface area contributed by atoms with Crippen LogP contribution in [0.5, 0.6) is 5.88 Å². The lowest BCUT2D eigenvalue weighted by Crippen LogP contribution is -2.19. The van der Waals surface area contributed by atoms with Crippen molar-refractivity contribution in [3.8, 4) is 5.88 Å². The predicted octanol–water partition coefficient (Wildman–Crippen LogP) is 3.48. The third kappa shape index (κ3) is 2.19. The van der Waals surface area contributed by atoms with Gasteiger partial charge in [-0.3, -0.25) is 0 Å². The van der Waals surface area contributed by atoms with Crippen LogP contribution in [0.2, 0.25) is 0 Å². The summed E-state index contributed by atoms with van der Waals surface area (Å²) in [6, 6.07) is 6.05. The second-order valence-corrected chi connectivity index (χ2v) is 4.99. The molecule has 0 aliphatic carbocycles. The monoisotopic (exact) mass is 280 g/mol. The second kappa shape index (κ2) is 5.39. The van der Waals surface area contributed by atoms with E-state index in [1.165, 1.54) is 6.42 Å². The number of methoxy groups -OCH3 is 1. The summed E-state index contributed by atoms with van der Waals surface area (Å²) in [4.78, 5) is 0. The van der Waals surface area contributed by atoms with E-state index in [0.29, 0.717) is 11.8 Å². The molecule has 2 aromatic rings. The van der Waals surface area contributed by atoms with Crippen LogP contribution >= 0.6 is 11.6 Å². The third-order valence-corrected chi connectivity index (χ3v) is 3.84. The summed E-state index contributed by atoms with van der Waals surface area (Å²) in [7, 11) is 1.64. The Morgan fingerprint density at radius 1 is 1.47 bits per heavy atom. The molecule has 4 nitrogen and oxygen atoms in total. The molecule has 1 aromatic heterocycles. The Morgan fingerprint density at radius 2 is 2.37 bits per heavy atom. The summed E-state index contributed by atoms with van der Waals surface area (Å²) in [5, 5.41) is 5.55. The van der Waals surface area contributed by atoms with Gasteiger partial charge in [0.15, 0.2) is 6.23 Å². The highest BCUT2D eigenvalue weighted by molar-refractivity contribution is 6.18. The van der Waals surface area contributed by atoms with Crippen LogP contribution in [0.4, 0.5) is 0 Å². The molecule has 1 aliphatic rings. The number of alkyl halides is 1. The van der Waals surface area contributed by atoms with E-state index in [4.69, 9.17) is 21.1 Å². The molecule has 19 heavy (non-hydrogen) atoms. The minimum absolute atomic E-state index is 0.00530. The maximum absolute atomic E-state index is 6.01. The fourth-order valence-corrected chi connectivity index (χ4v) is 2.84. The van der Waals surface area contributed by atoms with E-state index in [2.05, 4.69) is 5.10 Å². The van der Waals surface area contributed by atoms with Crippen LogP contribution in [-0.2, 0) is 10.6 Å². The first-order valence-electron chi connectivity index (χ1n) is 6.57. The molecule has 1 aliphatic heterocycles. The smallest absolute Gasteiger partial charge is 0.240 e. The summed E-state index contributed by atoms with van der Waals surface area (Å²) in [6.07, 6.45) is 3.29. The van der Waals surface area contributed by atoms with E-state index in [1.807, 2.05) is 22.9 Å². The van der Waals surface area contributed by atoms with Crippen LogP contribution in [0.1, 0.15) is 31.1 Å². The van der Waals surface area contributed by atoms with Crippen molar-refractivity contribution >= 4 is 22.5 Å². The Labute approximate surface area is 117 Å². The molecular weight excluding hydrogens is 264 g/mol. The van der Waals surface area contributed by atoms with Gasteiger partial charge >= 0.3 is 0 Å². The number of fused-ring (bicyclic) bond motifs is 1. The van der Waals surface area contributed by atoms with Crippen LogP contribution in [0, 0.1) is 0 Å². The van der Waals surface area contributed by atoms with Gasteiger partial charge in [0.25, 0.3) is 0 Å². The van der Waals surface area contributed by atoms with Gasteiger partial charge in [-0.15, -0.1) is 16.7 Å². The van der Waals surface area contributed by atoms with Gasteiger partial charge in [-0.1, -0.05) is 12.1 Å². The molecule has 1 unspecified atom stereocenters. The molecular formula is C14H17ClN2O2. The lowest BCUT2D eigenvalue weighted by Gasteiger charge is -2.23. The largest absolute Gasteiger partial charge is 0.479 e. The number of rotatable bonds is 3. The lowest BCUT2D eigenvalue weighted by atomic mass is 10.1. The normalized spacial score (nSPS) is 19.8. The molecule has 0 spiro atoms. The van der Waals surface area contributed by atoms with Crippen LogP contribution in [0.3, 0.4) is 0 Å². The third-order valence-electron chi connectivity index (χ3n) is 3.55. The Bertz CT molecular complexity index is 576. The van der Waals surface area contributed by atoms with Crippen LogP contribution in [-0.4, -0.2) is 23.5 Å². The molecule has 1 atom stereocenters. The molecule has 0 amide bonds. The molecule has 5 heteroatoms. The van der Waals surface area contributed by atoms with Crippen molar-refractivity contribution in [2.24, 2.45) is 0 Å². The molecule has 0 N–H and O–H groups in total. The highest BCUT2D eigenvalue weighted by atomic mass is 35.5. The molecule has 102 valence electrons. The van der Waals surface area contributed by atoms with Gasteiger partial charge in [-0.05, 0) is 30.9 Å². The maximum Gasteiger partial charge on any atom is 0.240 e. The Kier molecular flexibility index (Phi) is 3.62. The topological polar surface area (TPSA) is 36.3 Å². The predicted molar refractivity (Wildman–Crippen MR) is 74.7 cm³/mol. The highest BCUT2D eigenvalue weighted by Gasteiger charge is 2.22. The zero-order valence-electron chi connectivity index (χ0n) is 10.9. The molecule has 1 saturated heterocycles. The molecule has 0 bridgehead atoms. The highest BCUT2D eigenvalue weighted by Crippen LogP contribution is 2.33. The second-order valence-electron chi connectivity index (χ2n) is 4.72. The van der Waals surface area contributed by atoms with Gasteiger partial charge in [-0.25, -0.2) is 4.68 Å². The summed E-state index contributed by atoms with van der Waals surface area (Å²) in [5.74, 6) is 1.07. The van der Waals surface area contributed by atoms with Gasteiger partial charge in [0, 0.05) is 12.5 Å². The van der Waals surface area contributed by atoms with Gasteiger partial charge in [0.1, 0.15) is 0 Å². The fourth-order valence-electron chi connectivity index (χ4n) is 2.62. The van der Waals surface area contributed by atoms with Crippen molar-refractivity contribution in [2.75, 3.05) is 13.7 Å². The number of ether oxygens (including phenoxy) is 2. The molecule has 3 rings (SSSR count). The molecule has 1 aromatic carbocycles. The van der Waals surface area contributed by atoms with Crippen molar-refractivity contribution in [3.05, 3.63) is 23.8 Å². The van der Waals surface area contributed by atoms with Crippen molar-refractivity contribution in [1.29, 1.82) is 0 Å². The van der Waals surface area contributed by atoms with Gasteiger partial charge < -0.3 is 9.47 Å². The fraction of sp³-hybridized carbons (Fsp3) is 0.500. The lowest BCUT2D eigenvalue weighted by molar-refractivity contribution is -0.0371. The minimum atomic E-state index is 0.00530. The first-order chi connectivity index (χ1) is 9.35. The van der Waals surface area contributed by atoms with Gasteiger partial charge in [0.05, 0.1) is 18.0 Å². The van der Waals surface area contributed by atoms with E-state index in [0.717, 1.165) is 35.9 Å². The zero-order valence-corrected chi connectivity index (χ0v) is 11.7. The minimum Gasteiger partial charge on any atom is -0.479 e. The number of benzene rings is 1. The summed E-state index contributed by atoms with van der Waals surface area (Å²) in [6.45, 7) is 0.795. The Balaban J connectivity index is 2.14. The Hall–Kier alpha value is -1.26. The number of hydrogen-bond donors (Lipinski definition) is 0. The number of hydrogen-bond acceptors (Lipinski definition) is 3. The zero-order chi connectivity index (χ0) is 13.2. The van der Waals surface area contributed by atoms with Gasteiger partial charge in [0.2, 0.25) is 5.88 Å². The van der Waals surface area contributed by atoms with Crippen molar-refractivity contribution < 1.29 is 9.47 Å². The van der Waals surface area contributed by atoms with Crippen molar-refractivity contribution in [3.63, 3.8) is 0 Å². The average Bonchev–Trinajstić information content (AvgIpc) is 2.87. The summed E-state index contributed by atoms with van der Waals surface area (Å²) < 4.78 is 13.1. The van der Waals surface area contributed by atoms with Crippen LogP contribution in [0.25, 0.3) is 10.9 Å². The molecule has 0 saturated carbocycles. The molecule has 1 fully saturated rings. The van der Waals surface area contributed by atoms with Crippen LogP contribution in [0.15, 0.2) is 18.2 Å². The summed E-state index contributed by atoms with van der Waals surface area (Å²) in [5.41, 5.74) is 2.07. The molecule has 2 heterocycles. The van der Waals surface area contributed by atoms with E-state index < -0.39 is 0 Å². The average molecular weight is 281 g/mol. The number of nitrogens with zero attached hydrogens (tertiary/aromatic N) is 2. The van der Waals surface area contributed by atoms with E-state index in [-0.39, 0.29) is 6.23 Å². The first kappa shape index (κ1) is 12.8. The number of aromatic nitrogens is 2. The standard InChI is InChI=1S/C14H17ClN2O2/c1-18-14-13-10(9-15)5-4-6-11(13)17(16-14)12-7-2-3-8-19-12/h4-6,12H,2-3,7-9H2,1H3. The van der Waals surface area contributed by atoms with E-state index >= 15 is 0 Å². The summed E-state index contributed by atoms with van der Waals surface area (Å²) >= 11 is 6.01.